The van der Waals surface area contributed by atoms with Gasteiger partial charge < -0.3 is 14.8 Å². The minimum atomic E-state index is -0.462. The monoisotopic (exact) mass is 356 g/mol. The highest BCUT2D eigenvalue weighted by atomic mass is 16.5. The molecule has 0 saturated heterocycles. The largest absolute Gasteiger partial charge is 0.452 e. The predicted octanol–water partition coefficient (Wildman–Crippen LogP) is 2.28. The van der Waals surface area contributed by atoms with Crippen molar-refractivity contribution in [3.8, 4) is 0 Å². The Morgan fingerprint density at radius 2 is 2.12 bits per heavy atom. The van der Waals surface area contributed by atoms with E-state index in [0.29, 0.717) is 24.6 Å². The van der Waals surface area contributed by atoms with Gasteiger partial charge in [-0.15, -0.1) is 0 Å². The third kappa shape index (κ3) is 4.02. The summed E-state index contributed by atoms with van der Waals surface area (Å²) in [5.74, 6) is -0.304. The Balaban J connectivity index is 1.84. The number of ether oxygens (including phenoxy) is 2. The second kappa shape index (κ2) is 8.27. The van der Waals surface area contributed by atoms with Crippen LogP contribution in [0.1, 0.15) is 35.0 Å². The van der Waals surface area contributed by atoms with E-state index in [2.05, 4.69) is 12.2 Å². The van der Waals surface area contributed by atoms with Crippen LogP contribution in [-0.4, -0.2) is 43.7 Å². The Morgan fingerprint density at radius 3 is 2.92 bits per heavy atom. The summed E-state index contributed by atoms with van der Waals surface area (Å²) in [6, 6.07) is 7.58. The van der Waals surface area contributed by atoms with Crippen LogP contribution in [0.25, 0.3) is 10.9 Å². The average Bonchev–Trinajstić information content (AvgIpc) is 2.64. The molecule has 0 bridgehead atoms. The van der Waals surface area contributed by atoms with Gasteiger partial charge in [0.25, 0.3) is 5.91 Å². The lowest BCUT2D eigenvalue weighted by Gasteiger charge is -2.24. The van der Waals surface area contributed by atoms with Crippen molar-refractivity contribution in [3.05, 3.63) is 41.1 Å². The van der Waals surface area contributed by atoms with E-state index < -0.39 is 5.97 Å². The summed E-state index contributed by atoms with van der Waals surface area (Å²) in [4.78, 5) is 29.4. The topological polar surface area (TPSA) is 77.5 Å². The minimum absolute atomic E-state index is 0.302. The molecular weight excluding hydrogens is 332 g/mol. The fourth-order valence-electron chi connectivity index (χ4n) is 3.34. The number of carbonyl (C=O) groups excluding carboxylic acids is 2. The maximum atomic E-state index is 12.8. The van der Waals surface area contributed by atoms with Gasteiger partial charge in [0.2, 0.25) is 0 Å². The summed E-state index contributed by atoms with van der Waals surface area (Å²) in [7, 11) is 1.56. The first-order valence-corrected chi connectivity index (χ1v) is 8.93. The van der Waals surface area contributed by atoms with Gasteiger partial charge in [-0.25, -0.2) is 4.79 Å². The van der Waals surface area contributed by atoms with Gasteiger partial charge in [0, 0.05) is 24.7 Å². The highest BCUT2D eigenvalue weighted by Crippen LogP contribution is 2.31. The number of fused-ring (bicyclic) bond motifs is 2. The van der Waals surface area contributed by atoms with E-state index in [-0.39, 0.29) is 12.5 Å². The molecule has 0 spiro atoms. The van der Waals surface area contributed by atoms with Gasteiger partial charge in [-0.1, -0.05) is 25.1 Å². The fourth-order valence-corrected chi connectivity index (χ4v) is 3.34. The van der Waals surface area contributed by atoms with Crippen molar-refractivity contribution in [1.82, 2.24) is 10.3 Å². The Bertz CT molecular complexity index is 819. The first kappa shape index (κ1) is 18.3. The van der Waals surface area contributed by atoms with Crippen molar-refractivity contribution in [2.75, 3.05) is 26.9 Å². The number of pyridine rings is 1. The number of benzene rings is 1. The number of hydrogen-bond acceptors (Lipinski definition) is 5. The van der Waals surface area contributed by atoms with Crippen molar-refractivity contribution in [2.24, 2.45) is 5.92 Å². The second-order valence-electron chi connectivity index (χ2n) is 6.70. The molecule has 0 radical (unpaired) electrons. The number of nitrogens with zero attached hydrogens (tertiary/aromatic N) is 1. The van der Waals surface area contributed by atoms with Crippen molar-refractivity contribution in [1.29, 1.82) is 0 Å². The van der Waals surface area contributed by atoms with E-state index in [1.54, 1.807) is 7.11 Å². The lowest BCUT2D eigenvalue weighted by molar-refractivity contribution is -0.124. The van der Waals surface area contributed by atoms with Crippen LogP contribution >= 0.6 is 0 Å². The highest BCUT2D eigenvalue weighted by molar-refractivity contribution is 6.05. The van der Waals surface area contributed by atoms with Crippen LogP contribution in [-0.2, 0) is 27.1 Å². The van der Waals surface area contributed by atoms with Gasteiger partial charge in [-0.05, 0) is 36.8 Å². The average molecular weight is 356 g/mol. The number of hydrogen-bond donors (Lipinski definition) is 1. The molecule has 0 fully saturated rings. The first-order chi connectivity index (χ1) is 12.6. The molecule has 1 aliphatic rings. The Labute approximate surface area is 152 Å². The lowest BCUT2D eigenvalue weighted by Crippen LogP contribution is -2.31. The summed E-state index contributed by atoms with van der Waals surface area (Å²) < 4.78 is 10.2. The van der Waals surface area contributed by atoms with Crippen LogP contribution < -0.4 is 5.32 Å². The SMILES string of the molecule is COCCNC(=O)COC(=O)c1c2c(nc3ccccc13)CC[C@@H](C)C2. The molecule has 0 saturated carbocycles. The summed E-state index contributed by atoms with van der Waals surface area (Å²) in [5, 5.41) is 3.43. The molecule has 1 aromatic heterocycles. The van der Waals surface area contributed by atoms with Gasteiger partial charge in [0.15, 0.2) is 6.61 Å². The number of nitrogens with one attached hydrogen (secondary N) is 1. The number of aryl methyl sites for hydroxylation is 1. The third-order valence-electron chi connectivity index (χ3n) is 4.67. The predicted molar refractivity (Wildman–Crippen MR) is 98.1 cm³/mol. The molecule has 1 N–H and O–H groups in total. The maximum absolute atomic E-state index is 12.8. The zero-order valence-electron chi connectivity index (χ0n) is 15.2. The van der Waals surface area contributed by atoms with Crippen LogP contribution in [0.4, 0.5) is 0 Å². The fraction of sp³-hybridized carbons (Fsp3) is 0.450. The zero-order chi connectivity index (χ0) is 18.5. The molecule has 138 valence electrons. The van der Waals surface area contributed by atoms with Gasteiger partial charge in [0.05, 0.1) is 17.7 Å². The van der Waals surface area contributed by atoms with Gasteiger partial charge >= 0.3 is 5.97 Å². The molecule has 1 amide bonds. The molecule has 6 nitrogen and oxygen atoms in total. The summed E-state index contributed by atoms with van der Waals surface area (Å²) in [5.41, 5.74) is 3.28. The molecule has 2 aromatic rings. The van der Waals surface area contributed by atoms with Crippen molar-refractivity contribution >= 4 is 22.8 Å². The number of rotatable bonds is 6. The molecule has 6 heteroatoms. The van der Waals surface area contributed by atoms with Crippen LogP contribution in [0, 0.1) is 5.92 Å². The third-order valence-corrected chi connectivity index (χ3v) is 4.67. The van der Waals surface area contributed by atoms with E-state index in [1.165, 1.54) is 0 Å². The van der Waals surface area contributed by atoms with E-state index in [0.717, 1.165) is 41.4 Å². The highest BCUT2D eigenvalue weighted by Gasteiger charge is 2.26. The number of carbonyl (C=O) groups is 2. The van der Waals surface area contributed by atoms with Gasteiger partial charge in [-0.3, -0.25) is 9.78 Å². The molecule has 1 aliphatic carbocycles. The summed E-state index contributed by atoms with van der Waals surface area (Å²) in [6.07, 6.45) is 2.73. The number of aromatic nitrogens is 1. The van der Waals surface area contributed by atoms with Crippen molar-refractivity contribution in [2.45, 2.75) is 26.2 Å². The van der Waals surface area contributed by atoms with E-state index >= 15 is 0 Å². The Hall–Kier alpha value is -2.47. The number of esters is 1. The molecular formula is C20H24N2O4. The quantitative estimate of drug-likeness (QED) is 0.635. The zero-order valence-corrected chi connectivity index (χ0v) is 15.2. The maximum Gasteiger partial charge on any atom is 0.339 e. The van der Waals surface area contributed by atoms with Gasteiger partial charge in [-0.2, -0.15) is 0 Å². The van der Waals surface area contributed by atoms with Gasteiger partial charge in [0.1, 0.15) is 0 Å². The summed E-state index contributed by atoms with van der Waals surface area (Å²) >= 11 is 0. The number of para-hydroxylation sites is 1. The molecule has 26 heavy (non-hydrogen) atoms. The van der Waals surface area contributed by atoms with Crippen LogP contribution in [0.2, 0.25) is 0 Å². The van der Waals surface area contributed by atoms with Crippen LogP contribution in [0.5, 0.6) is 0 Å². The number of amides is 1. The molecule has 1 heterocycles. The van der Waals surface area contributed by atoms with E-state index in [1.807, 2.05) is 24.3 Å². The smallest absolute Gasteiger partial charge is 0.339 e. The molecule has 1 aromatic carbocycles. The standard InChI is InChI=1S/C20H24N2O4/c1-13-7-8-17-15(11-13)19(14-5-3-4-6-16(14)22-17)20(24)26-12-18(23)21-9-10-25-2/h3-6,13H,7-12H2,1-2H3,(H,21,23)/t13-/m1/s1. The second-order valence-corrected chi connectivity index (χ2v) is 6.70. The lowest BCUT2D eigenvalue weighted by atomic mass is 9.84. The molecule has 0 aliphatic heterocycles. The Kier molecular flexibility index (Phi) is 5.83. The first-order valence-electron chi connectivity index (χ1n) is 8.93. The minimum Gasteiger partial charge on any atom is -0.452 e. The van der Waals surface area contributed by atoms with Crippen LogP contribution in [0.15, 0.2) is 24.3 Å². The molecule has 3 rings (SSSR count). The normalized spacial score (nSPS) is 16.2. The summed E-state index contributed by atoms with van der Waals surface area (Å²) in [6.45, 7) is 2.68. The van der Waals surface area contributed by atoms with Crippen molar-refractivity contribution < 1.29 is 19.1 Å². The van der Waals surface area contributed by atoms with Crippen molar-refractivity contribution in [3.63, 3.8) is 0 Å². The van der Waals surface area contributed by atoms with E-state index in [9.17, 15) is 9.59 Å². The Morgan fingerprint density at radius 1 is 1.31 bits per heavy atom. The van der Waals surface area contributed by atoms with Crippen LogP contribution in [0.3, 0.4) is 0 Å². The number of methoxy groups -OCH3 is 1. The molecule has 0 unspecified atom stereocenters. The molecule has 1 atom stereocenters. The van der Waals surface area contributed by atoms with E-state index in [4.69, 9.17) is 14.5 Å².